The highest BCUT2D eigenvalue weighted by Gasteiger charge is 2.11. The summed E-state index contributed by atoms with van der Waals surface area (Å²) in [6.45, 7) is 1.55. The predicted molar refractivity (Wildman–Crippen MR) is 92.9 cm³/mol. The van der Waals surface area contributed by atoms with Crippen molar-refractivity contribution in [1.29, 1.82) is 5.26 Å². The average molecular weight is 340 g/mol. The third kappa shape index (κ3) is 5.14. The number of hydrogen-bond donors (Lipinski definition) is 1. The van der Waals surface area contributed by atoms with Crippen LogP contribution in [0, 0.1) is 18.3 Å². The van der Waals surface area contributed by atoms with Crippen LogP contribution in [-0.4, -0.2) is 24.2 Å². The Balaban J connectivity index is 1.91. The summed E-state index contributed by atoms with van der Waals surface area (Å²) in [4.78, 5) is 24.6. The number of nitrogens with one attached hydrogen (secondary N) is 1. The van der Waals surface area contributed by atoms with Gasteiger partial charge in [0.25, 0.3) is 5.91 Å². The Morgan fingerprint density at radius 2 is 1.88 bits per heavy atom. The third-order valence-corrected chi connectivity index (χ3v) is 4.02. The number of amides is 1. The molecule has 2 rings (SSSR count). The number of carbonyl (C=O) groups excluding carboxylic acids is 2. The molecule has 6 heteroatoms. The molecule has 0 bridgehead atoms. The van der Waals surface area contributed by atoms with E-state index in [1.807, 2.05) is 25.1 Å². The van der Waals surface area contributed by atoms with Gasteiger partial charge in [-0.15, -0.1) is 11.8 Å². The number of rotatable bonds is 6. The second-order valence-corrected chi connectivity index (χ2v) is 5.95. The second-order valence-electron chi connectivity index (χ2n) is 4.93. The third-order valence-electron chi connectivity index (χ3n) is 3.07. The lowest BCUT2D eigenvalue weighted by Crippen LogP contribution is -2.21. The topological polar surface area (TPSA) is 79.2 Å². The fourth-order valence-electron chi connectivity index (χ4n) is 1.90. The van der Waals surface area contributed by atoms with Crippen molar-refractivity contribution in [3.05, 3.63) is 59.7 Å². The highest BCUT2D eigenvalue weighted by atomic mass is 32.2. The lowest BCUT2D eigenvalue weighted by molar-refractivity contribution is -0.119. The maximum absolute atomic E-state index is 12.0. The Hall–Kier alpha value is -2.78. The van der Waals surface area contributed by atoms with Crippen molar-refractivity contribution in [1.82, 2.24) is 0 Å². The van der Waals surface area contributed by atoms with Crippen molar-refractivity contribution < 1.29 is 14.3 Å². The van der Waals surface area contributed by atoms with Gasteiger partial charge in [0, 0.05) is 4.90 Å². The monoisotopic (exact) mass is 340 g/mol. The van der Waals surface area contributed by atoms with E-state index in [2.05, 4.69) is 5.32 Å². The largest absolute Gasteiger partial charge is 0.452 e. The lowest BCUT2D eigenvalue weighted by atomic mass is 10.1. The number of thioether (sulfide) groups is 1. The smallest absolute Gasteiger partial charge is 0.338 e. The van der Waals surface area contributed by atoms with E-state index in [4.69, 9.17) is 10.00 Å². The van der Waals surface area contributed by atoms with Crippen LogP contribution in [0.2, 0.25) is 0 Å². The van der Waals surface area contributed by atoms with Gasteiger partial charge in [0.2, 0.25) is 0 Å². The Labute approximate surface area is 144 Å². The van der Waals surface area contributed by atoms with E-state index in [1.54, 1.807) is 36.4 Å². The van der Waals surface area contributed by atoms with E-state index >= 15 is 0 Å². The summed E-state index contributed by atoms with van der Waals surface area (Å²) >= 11 is 1.33. The summed E-state index contributed by atoms with van der Waals surface area (Å²) in [5.74, 6) is -0.687. The molecule has 2 aromatic carbocycles. The van der Waals surface area contributed by atoms with Gasteiger partial charge in [0.05, 0.1) is 23.1 Å². The van der Waals surface area contributed by atoms with Gasteiger partial charge in [-0.25, -0.2) is 4.79 Å². The minimum Gasteiger partial charge on any atom is -0.452 e. The molecule has 24 heavy (non-hydrogen) atoms. The number of esters is 1. The van der Waals surface area contributed by atoms with Gasteiger partial charge in [0.1, 0.15) is 0 Å². The molecule has 0 aromatic heterocycles. The summed E-state index contributed by atoms with van der Waals surface area (Å²) < 4.78 is 5.01. The lowest BCUT2D eigenvalue weighted by Gasteiger charge is -2.10. The number of benzene rings is 2. The van der Waals surface area contributed by atoms with Gasteiger partial charge in [0.15, 0.2) is 6.61 Å². The van der Waals surface area contributed by atoms with Crippen LogP contribution in [-0.2, 0) is 9.53 Å². The molecule has 0 fully saturated rings. The first-order chi connectivity index (χ1) is 11.6. The number of anilines is 1. The van der Waals surface area contributed by atoms with Crippen molar-refractivity contribution in [2.45, 2.75) is 11.8 Å². The van der Waals surface area contributed by atoms with Crippen LogP contribution in [0.1, 0.15) is 15.9 Å². The van der Waals surface area contributed by atoms with Crippen molar-refractivity contribution in [2.75, 3.05) is 17.7 Å². The van der Waals surface area contributed by atoms with Crippen LogP contribution in [0.25, 0.3) is 0 Å². The van der Waals surface area contributed by atoms with Gasteiger partial charge in [-0.3, -0.25) is 4.79 Å². The highest BCUT2D eigenvalue weighted by molar-refractivity contribution is 7.99. The summed E-state index contributed by atoms with van der Waals surface area (Å²) in [5, 5.41) is 11.3. The van der Waals surface area contributed by atoms with Crippen LogP contribution in [0.4, 0.5) is 5.69 Å². The number of nitrogens with zero attached hydrogens (tertiary/aromatic N) is 1. The van der Waals surface area contributed by atoms with Gasteiger partial charge >= 0.3 is 5.97 Å². The normalized spacial score (nSPS) is 9.83. The van der Waals surface area contributed by atoms with Crippen LogP contribution in [0.3, 0.4) is 0 Å². The maximum Gasteiger partial charge on any atom is 0.338 e. The predicted octanol–water partition coefficient (Wildman–Crippen LogP) is 3.41. The fraction of sp³-hybridized carbons (Fsp3) is 0.167. The Morgan fingerprint density at radius 3 is 2.58 bits per heavy atom. The van der Waals surface area contributed by atoms with E-state index in [0.29, 0.717) is 11.3 Å². The molecule has 0 atom stereocenters. The van der Waals surface area contributed by atoms with E-state index in [1.165, 1.54) is 11.8 Å². The first-order valence-electron chi connectivity index (χ1n) is 7.22. The quantitative estimate of drug-likeness (QED) is 0.644. The standard InChI is InChI=1S/C18H16N2O3S/c1-13-6-8-14(9-7-13)18(22)23-12-17(21)20-15-4-2-3-5-16(15)24-11-10-19/h2-9H,11-12H2,1H3,(H,20,21). The molecule has 0 aliphatic heterocycles. The highest BCUT2D eigenvalue weighted by Crippen LogP contribution is 2.26. The van der Waals surface area contributed by atoms with Crippen LogP contribution in [0.5, 0.6) is 0 Å². The molecule has 1 amide bonds. The van der Waals surface area contributed by atoms with Crippen LogP contribution >= 0.6 is 11.8 Å². The van der Waals surface area contributed by atoms with Gasteiger partial charge in [-0.05, 0) is 31.2 Å². The van der Waals surface area contributed by atoms with Gasteiger partial charge in [-0.1, -0.05) is 29.8 Å². The Bertz CT molecular complexity index is 767. The first kappa shape index (κ1) is 17.6. The zero-order valence-electron chi connectivity index (χ0n) is 13.1. The number of aryl methyl sites for hydroxylation is 1. The molecule has 0 heterocycles. The summed E-state index contributed by atoms with van der Waals surface area (Å²) in [6.07, 6.45) is 0. The van der Waals surface area contributed by atoms with E-state index in [0.717, 1.165) is 10.5 Å². The molecular weight excluding hydrogens is 324 g/mol. The summed E-state index contributed by atoms with van der Waals surface area (Å²) in [6, 6.07) is 16.1. The molecule has 0 aliphatic carbocycles. The van der Waals surface area contributed by atoms with Gasteiger partial charge < -0.3 is 10.1 Å². The molecule has 0 saturated carbocycles. The van der Waals surface area contributed by atoms with E-state index in [9.17, 15) is 9.59 Å². The average Bonchev–Trinajstić information content (AvgIpc) is 2.59. The molecule has 1 N–H and O–H groups in total. The van der Waals surface area contributed by atoms with Crippen molar-refractivity contribution in [3.8, 4) is 6.07 Å². The molecule has 0 unspecified atom stereocenters. The van der Waals surface area contributed by atoms with Crippen molar-refractivity contribution in [3.63, 3.8) is 0 Å². The van der Waals surface area contributed by atoms with Crippen LogP contribution in [0.15, 0.2) is 53.4 Å². The molecule has 0 radical (unpaired) electrons. The first-order valence-corrected chi connectivity index (χ1v) is 8.21. The molecule has 5 nitrogen and oxygen atoms in total. The fourth-order valence-corrected chi connectivity index (χ4v) is 2.57. The van der Waals surface area contributed by atoms with E-state index in [-0.39, 0.29) is 12.4 Å². The zero-order chi connectivity index (χ0) is 17.4. The number of ether oxygens (including phenoxy) is 1. The number of nitriles is 1. The molecule has 0 aliphatic rings. The summed E-state index contributed by atoms with van der Waals surface area (Å²) in [7, 11) is 0. The van der Waals surface area contributed by atoms with Gasteiger partial charge in [-0.2, -0.15) is 5.26 Å². The minimum atomic E-state index is -0.544. The molecular formula is C18H16N2O3S. The minimum absolute atomic E-state index is 0.287. The van der Waals surface area contributed by atoms with Crippen molar-refractivity contribution in [2.24, 2.45) is 0 Å². The second kappa shape index (κ2) is 8.75. The maximum atomic E-state index is 12.0. The van der Waals surface area contributed by atoms with E-state index < -0.39 is 11.9 Å². The number of carbonyl (C=O) groups is 2. The molecule has 122 valence electrons. The Kier molecular flexibility index (Phi) is 6.41. The molecule has 2 aromatic rings. The molecule has 0 saturated heterocycles. The molecule has 0 spiro atoms. The SMILES string of the molecule is Cc1ccc(C(=O)OCC(=O)Nc2ccccc2SCC#N)cc1. The number of para-hydroxylation sites is 1. The number of hydrogen-bond acceptors (Lipinski definition) is 5. The zero-order valence-corrected chi connectivity index (χ0v) is 13.9. The van der Waals surface area contributed by atoms with Crippen molar-refractivity contribution >= 4 is 29.3 Å². The summed E-state index contributed by atoms with van der Waals surface area (Å²) in [5.41, 5.74) is 2.03. The Morgan fingerprint density at radius 1 is 1.17 bits per heavy atom. The van der Waals surface area contributed by atoms with Crippen LogP contribution < -0.4 is 5.32 Å².